The van der Waals surface area contributed by atoms with Gasteiger partial charge in [0.1, 0.15) is 0 Å². The number of nitrogens with one attached hydrogen (secondary N) is 1. The molecular weight excluding hydrogens is 198 g/mol. The van der Waals surface area contributed by atoms with Crippen LogP contribution in [0.2, 0.25) is 0 Å². The van der Waals surface area contributed by atoms with E-state index < -0.39 is 5.97 Å². The van der Waals surface area contributed by atoms with E-state index in [4.69, 9.17) is 9.84 Å². The van der Waals surface area contributed by atoms with Gasteiger partial charge in [-0.3, -0.25) is 9.59 Å². The number of carboxylic acid groups (broad SMARTS) is 1. The van der Waals surface area contributed by atoms with E-state index in [0.29, 0.717) is 0 Å². The highest BCUT2D eigenvalue weighted by molar-refractivity contribution is 5.80. The van der Waals surface area contributed by atoms with Gasteiger partial charge in [0.05, 0.1) is 24.5 Å². The summed E-state index contributed by atoms with van der Waals surface area (Å²) in [5, 5.41) is 11.1. The van der Waals surface area contributed by atoms with Crippen molar-refractivity contribution in [3.05, 3.63) is 0 Å². The molecule has 5 heteroatoms. The van der Waals surface area contributed by atoms with Crippen molar-refractivity contribution in [3.8, 4) is 0 Å². The third-order valence-corrected chi connectivity index (χ3v) is 3.08. The highest BCUT2D eigenvalue weighted by Gasteiger charge is 2.44. The molecule has 2 heterocycles. The van der Waals surface area contributed by atoms with Crippen molar-refractivity contribution in [2.75, 3.05) is 6.54 Å². The summed E-state index contributed by atoms with van der Waals surface area (Å²) in [6, 6.07) is 0. The summed E-state index contributed by atoms with van der Waals surface area (Å²) < 4.78 is 5.56. The van der Waals surface area contributed by atoms with Crippen LogP contribution in [0.3, 0.4) is 0 Å². The Morgan fingerprint density at radius 2 is 2.20 bits per heavy atom. The minimum Gasteiger partial charge on any atom is -0.481 e. The van der Waals surface area contributed by atoms with Crippen molar-refractivity contribution in [3.63, 3.8) is 0 Å². The summed E-state index contributed by atoms with van der Waals surface area (Å²) in [7, 11) is 0. The van der Waals surface area contributed by atoms with Gasteiger partial charge in [0, 0.05) is 6.54 Å². The first-order valence-corrected chi connectivity index (χ1v) is 5.32. The van der Waals surface area contributed by atoms with Crippen molar-refractivity contribution < 1.29 is 19.4 Å². The van der Waals surface area contributed by atoms with Crippen molar-refractivity contribution in [1.29, 1.82) is 0 Å². The summed E-state index contributed by atoms with van der Waals surface area (Å²) in [5.41, 5.74) is 0. The molecule has 15 heavy (non-hydrogen) atoms. The van der Waals surface area contributed by atoms with Crippen LogP contribution in [0.4, 0.5) is 0 Å². The Kier molecular flexibility index (Phi) is 2.90. The summed E-state index contributed by atoms with van der Waals surface area (Å²) in [4.78, 5) is 21.9. The summed E-state index contributed by atoms with van der Waals surface area (Å²) in [6.07, 6.45) is 3.12. The lowest BCUT2D eigenvalue weighted by Gasteiger charge is -2.17. The third kappa shape index (κ3) is 2.28. The molecule has 5 nitrogen and oxygen atoms in total. The van der Waals surface area contributed by atoms with Crippen molar-refractivity contribution >= 4 is 11.9 Å². The number of aliphatic carboxylic acids is 1. The molecular formula is C10H15NO4. The number of carbonyl (C=O) groups is 2. The van der Waals surface area contributed by atoms with Gasteiger partial charge in [-0.05, 0) is 19.3 Å². The van der Waals surface area contributed by atoms with Gasteiger partial charge in [-0.15, -0.1) is 0 Å². The Balaban J connectivity index is 1.74. The zero-order valence-corrected chi connectivity index (χ0v) is 8.44. The predicted molar refractivity (Wildman–Crippen MR) is 51.3 cm³/mol. The number of ether oxygens (including phenoxy) is 1. The maximum atomic E-state index is 11.6. The molecule has 0 saturated carbocycles. The van der Waals surface area contributed by atoms with E-state index in [9.17, 15) is 9.59 Å². The Hall–Kier alpha value is -1.10. The monoisotopic (exact) mass is 213 g/mol. The highest BCUT2D eigenvalue weighted by atomic mass is 16.5. The molecule has 0 spiro atoms. The van der Waals surface area contributed by atoms with Crippen LogP contribution in [0.25, 0.3) is 0 Å². The van der Waals surface area contributed by atoms with Crippen molar-refractivity contribution in [2.24, 2.45) is 5.92 Å². The Labute approximate surface area is 87.8 Å². The van der Waals surface area contributed by atoms with E-state index in [2.05, 4.69) is 5.32 Å². The normalized spacial score (nSPS) is 32.9. The predicted octanol–water partition coefficient (Wildman–Crippen LogP) is 0.145. The Morgan fingerprint density at radius 1 is 1.40 bits per heavy atom. The molecule has 0 aromatic heterocycles. The van der Waals surface area contributed by atoms with Gasteiger partial charge in [0.2, 0.25) is 5.91 Å². The molecule has 2 rings (SSSR count). The fourth-order valence-corrected chi connectivity index (χ4v) is 2.34. The molecule has 2 saturated heterocycles. The smallest absolute Gasteiger partial charge is 0.305 e. The lowest BCUT2D eigenvalue weighted by molar-refractivity contribution is -0.137. The summed E-state index contributed by atoms with van der Waals surface area (Å²) >= 11 is 0. The van der Waals surface area contributed by atoms with Crippen LogP contribution in [-0.4, -0.2) is 35.7 Å². The van der Waals surface area contributed by atoms with E-state index in [-0.39, 0.29) is 37.0 Å². The van der Waals surface area contributed by atoms with Crippen molar-refractivity contribution in [2.45, 2.75) is 37.9 Å². The SMILES string of the molecule is O=C(O)CCNC(=O)C1CC2CCC1O2. The first-order valence-electron chi connectivity index (χ1n) is 5.32. The van der Waals surface area contributed by atoms with E-state index in [1.165, 1.54) is 0 Å². The van der Waals surface area contributed by atoms with Gasteiger partial charge < -0.3 is 15.2 Å². The molecule has 2 fully saturated rings. The zero-order chi connectivity index (χ0) is 10.8. The second-order valence-electron chi connectivity index (χ2n) is 4.15. The largest absolute Gasteiger partial charge is 0.481 e. The van der Waals surface area contributed by atoms with Crippen LogP contribution in [0.15, 0.2) is 0 Å². The number of amides is 1. The minimum absolute atomic E-state index is 0.0204. The molecule has 0 radical (unpaired) electrons. The Morgan fingerprint density at radius 3 is 2.73 bits per heavy atom. The number of hydrogen-bond donors (Lipinski definition) is 2. The van der Waals surface area contributed by atoms with Gasteiger partial charge in [0.15, 0.2) is 0 Å². The van der Waals surface area contributed by atoms with Gasteiger partial charge in [-0.25, -0.2) is 0 Å². The van der Waals surface area contributed by atoms with Crippen molar-refractivity contribution in [1.82, 2.24) is 5.32 Å². The molecule has 2 aliphatic rings. The van der Waals surface area contributed by atoms with Gasteiger partial charge >= 0.3 is 5.97 Å². The van der Waals surface area contributed by atoms with Gasteiger partial charge in [0.25, 0.3) is 0 Å². The van der Waals surface area contributed by atoms with E-state index >= 15 is 0 Å². The van der Waals surface area contributed by atoms with Crippen LogP contribution in [-0.2, 0) is 14.3 Å². The molecule has 3 atom stereocenters. The Bertz CT molecular complexity index is 279. The second kappa shape index (κ2) is 4.18. The summed E-state index contributed by atoms with van der Waals surface area (Å²) in [6.45, 7) is 0.210. The number of fused-ring (bicyclic) bond motifs is 2. The topological polar surface area (TPSA) is 75.6 Å². The number of rotatable bonds is 4. The highest BCUT2D eigenvalue weighted by Crippen LogP contribution is 2.38. The second-order valence-corrected chi connectivity index (χ2v) is 4.15. The van der Waals surface area contributed by atoms with Crippen LogP contribution in [0.1, 0.15) is 25.7 Å². The molecule has 2 aliphatic heterocycles. The van der Waals surface area contributed by atoms with E-state index in [0.717, 1.165) is 19.3 Å². The average Bonchev–Trinajstić information content (AvgIpc) is 2.77. The zero-order valence-electron chi connectivity index (χ0n) is 8.44. The third-order valence-electron chi connectivity index (χ3n) is 3.08. The maximum absolute atomic E-state index is 11.6. The first kappa shape index (κ1) is 10.4. The number of carboxylic acids is 1. The summed E-state index contributed by atoms with van der Waals surface area (Å²) in [5.74, 6) is -1.000. The molecule has 1 amide bonds. The van der Waals surface area contributed by atoms with Crippen LogP contribution in [0.5, 0.6) is 0 Å². The van der Waals surface area contributed by atoms with Gasteiger partial charge in [-0.1, -0.05) is 0 Å². The first-order chi connectivity index (χ1) is 7.16. The van der Waals surface area contributed by atoms with Crippen LogP contribution < -0.4 is 5.32 Å². The molecule has 0 aromatic carbocycles. The van der Waals surface area contributed by atoms with Gasteiger partial charge in [-0.2, -0.15) is 0 Å². The quantitative estimate of drug-likeness (QED) is 0.696. The molecule has 0 aromatic rings. The molecule has 3 unspecified atom stereocenters. The standard InChI is InChI=1S/C10H15NO4/c12-9(13)3-4-11-10(14)7-5-6-1-2-8(7)15-6/h6-8H,1-5H2,(H,11,14)(H,12,13). The van der Waals surface area contributed by atoms with Crippen LogP contribution >= 0.6 is 0 Å². The fraction of sp³-hybridized carbons (Fsp3) is 0.800. The van der Waals surface area contributed by atoms with Crippen LogP contribution in [0, 0.1) is 5.92 Å². The van der Waals surface area contributed by atoms with E-state index in [1.807, 2.05) is 0 Å². The number of carbonyl (C=O) groups excluding carboxylic acids is 1. The number of hydrogen-bond acceptors (Lipinski definition) is 3. The minimum atomic E-state index is -0.889. The molecule has 0 aliphatic carbocycles. The maximum Gasteiger partial charge on any atom is 0.305 e. The molecule has 84 valence electrons. The van der Waals surface area contributed by atoms with E-state index in [1.54, 1.807) is 0 Å². The molecule has 2 bridgehead atoms. The molecule has 2 N–H and O–H groups in total. The lowest BCUT2D eigenvalue weighted by atomic mass is 9.88. The lowest BCUT2D eigenvalue weighted by Crippen LogP contribution is -2.37. The fourth-order valence-electron chi connectivity index (χ4n) is 2.34. The average molecular weight is 213 g/mol.